The lowest BCUT2D eigenvalue weighted by Crippen LogP contribution is -2.34. The van der Waals surface area contributed by atoms with Gasteiger partial charge >= 0.3 is 0 Å². The summed E-state index contributed by atoms with van der Waals surface area (Å²) in [5.41, 5.74) is 8.95. The number of fused-ring (bicyclic) bond motifs is 1. The number of nitrogens with one attached hydrogen (secondary N) is 1. The molecule has 0 atom stereocenters. The molecule has 0 bridgehead atoms. The SMILES string of the molecule is [C-]#[N+]C(=C)C(=O)N(CCn1nc(-c2ccc(O)c(NC)c2)c2c(N)ncnc21)c1ccccc1. The Bertz CT molecular complexity index is 1420. The van der Waals surface area contributed by atoms with E-state index in [1.165, 1.54) is 11.2 Å². The fourth-order valence-corrected chi connectivity index (χ4v) is 3.63. The van der Waals surface area contributed by atoms with E-state index in [2.05, 4.69) is 26.7 Å². The number of nitrogen functional groups attached to an aromatic ring is 1. The van der Waals surface area contributed by atoms with Gasteiger partial charge in [0.25, 0.3) is 5.91 Å². The molecule has 0 fully saturated rings. The Labute approximate surface area is 195 Å². The van der Waals surface area contributed by atoms with Crippen LogP contribution in [0.4, 0.5) is 17.2 Å². The smallest absolute Gasteiger partial charge is 0.256 e. The van der Waals surface area contributed by atoms with Crippen molar-refractivity contribution in [3.05, 3.63) is 78.6 Å². The number of nitrogens with two attached hydrogens (primary N) is 1. The third-order valence-corrected chi connectivity index (χ3v) is 5.33. The molecule has 0 unspecified atom stereocenters. The zero-order chi connectivity index (χ0) is 24.2. The van der Waals surface area contributed by atoms with Crippen molar-refractivity contribution in [2.24, 2.45) is 0 Å². The van der Waals surface area contributed by atoms with Crippen molar-refractivity contribution in [2.45, 2.75) is 6.54 Å². The number of carbonyl (C=O) groups is 1. The lowest BCUT2D eigenvalue weighted by Gasteiger charge is -2.22. The molecule has 0 saturated carbocycles. The summed E-state index contributed by atoms with van der Waals surface area (Å²) in [5.74, 6) is -0.108. The Balaban J connectivity index is 1.75. The second-order valence-corrected chi connectivity index (χ2v) is 7.36. The zero-order valence-electron chi connectivity index (χ0n) is 18.4. The minimum Gasteiger partial charge on any atom is -0.506 e. The number of phenolic OH excluding ortho intramolecular Hbond substituents is 1. The number of benzene rings is 2. The van der Waals surface area contributed by atoms with Crippen molar-refractivity contribution in [3.63, 3.8) is 0 Å². The number of aromatic hydroxyl groups is 1. The van der Waals surface area contributed by atoms with Gasteiger partial charge in [0.05, 0.1) is 24.2 Å². The lowest BCUT2D eigenvalue weighted by atomic mass is 10.1. The zero-order valence-corrected chi connectivity index (χ0v) is 18.4. The van der Waals surface area contributed by atoms with Gasteiger partial charge in [-0.2, -0.15) is 5.10 Å². The Kier molecular flexibility index (Phi) is 6.09. The number of carbonyl (C=O) groups excluding carboxylic acids is 1. The number of hydrogen-bond donors (Lipinski definition) is 3. The molecule has 0 aliphatic heterocycles. The largest absolute Gasteiger partial charge is 0.506 e. The van der Waals surface area contributed by atoms with Gasteiger partial charge in [-0.3, -0.25) is 4.79 Å². The maximum absolute atomic E-state index is 12.8. The van der Waals surface area contributed by atoms with Crippen molar-refractivity contribution < 1.29 is 9.90 Å². The van der Waals surface area contributed by atoms with E-state index < -0.39 is 5.91 Å². The highest BCUT2D eigenvalue weighted by atomic mass is 16.3. The Morgan fingerprint density at radius 1 is 1.26 bits per heavy atom. The fraction of sp³-hybridized carbons (Fsp3) is 0.125. The number of nitrogens with zero attached hydrogens (tertiary/aromatic N) is 6. The van der Waals surface area contributed by atoms with Gasteiger partial charge in [-0.25, -0.2) is 19.5 Å². The van der Waals surface area contributed by atoms with E-state index in [0.29, 0.717) is 33.7 Å². The van der Waals surface area contributed by atoms with Crippen LogP contribution in [0.15, 0.2) is 67.1 Å². The van der Waals surface area contributed by atoms with Crippen LogP contribution in [0, 0.1) is 6.57 Å². The van der Waals surface area contributed by atoms with Crippen molar-refractivity contribution in [3.8, 4) is 17.0 Å². The van der Waals surface area contributed by atoms with Crippen LogP contribution in [0.1, 0.15) is 0 Å². The molecule has 0 aliphatic rings. The minimum absolute atomic E-state index is 0.108. The number of anilines is 3. The first-order chi connectivity index (χ1) is 16.4. The number of rotatable bonds is 7. The molecule has 0 radical (unpaired) electrons. The van der Waals surface area contributed by atoms with Crippen LogP contribution >= 0.6 is 0 Å². The number of phenols is 1. The molecule has 0 spiro atoms. The van der Waals surface area contributed by atoms with Gasteiger partial charge in [0.15, 0.2) is 5.65 Å². The summed E-state index contributed by atoms with van der Waals surface area (Å²) in [5, 5.41) is 18.2. The molecule has 10 nitrogen and oxygen atoms in total. The van der Waals surface area contributed by atoms with Crippen LogP contribution in [0.3, 0.4) is 0 Å². The topological polar surface area (TPSA) is 127 Å². The maximum atomic E-state index is 12.8. The van der Waals surface area contributed by atoms with E-state index >= 15 is 0 Å². The van der Waals surface area contributed by atoms with Crippen LogP contribution in [0.2, 0.25) is 0 Å². The van der Waals surface area contributed by atoms with Gasteiger partial charge in [-0.05, 0) is 30.3 Å². The molecule has 1 amide bonds. The van der Waals surface area contributed by atoms with Gasteiger partial charge in [0, 0.05) is 24.8 Å². The summed E-state index contributed by atoms with van der Waals surface area (Å²) in [6.45, 7) is 11.2. The van der Waals surface area contributed by atoms with E-state index in [1.807, 2.05) is 18.2 Å². The standard InChI is InChI=1S/C24H22N8O2/c1-15(26-2)24(34)31(17-7-5-4-6-8-17)11-12-32-23-20(22(25)28-14-29-23)21(30-32)16-9-10-19(33)18(13-16)27-3/h4-10,13-14,27,33H,1,11-12H2,3H3,(H2,25,28,29). The normalized spacial score (nSPS) is 10.6. The van der Waals surface area contributed by atoms with Gasteiger partial charge in [0.1, 0.15) is 23.6 Å². The second-order valence-electron chi connectivity index (χ2n) is 7.36. The quantitative estimate of drug-likeness (QED) is 0.222. The van der Waals surface area contributed by atoms with Crippen LogP contribution in [0.5, 0.6) is 5.75 Å². The average molecular weight is 454 g/mol. The van der Waals surface area contributed by atoms with Gasteiger partial charge in [0.2, 0.25) is 5.70 Å². The number of amides is 1. The third-order valence-electron chi connectivity index (χ3n) is 5.33. The fourth-order valence-electron chi connectivity index (χ4n) is 3.63. The highest BCUT2D eigenvalue weighted by Crippen LogP contribution is 2.34. The first-order valence-corrected chi connectivity index (χ1v) is 10.4. The lowest BCUT2D eigenvalue weighted by molar-refractivity contribution is -0.114. The maximum Gasteiger partial charge on any atom is 0.256 e. The van der Waals surface area contributed by atoms with E-state index in [0.717, 1.165) is 0 Å². The summed E-state index contributed by atoms with van der Waals surface area (Å²) < 4.78 is 1.65. The molecule has 0 aliphatic carbocycles. The van der Waals surface area contributed by atoms with Crippen molar-refractivity contribution >= 4 is 34.1 Å². The van der Waals surface area contributed by atoms with Gasteiger partial charge in [-0.1, -0.05) is 24.8 Å². The van der Waals surface area contributed by atoms with E-state index in [-0.39, 0.29) is 30.4 Å². The average Bonchev–Trinajstić information content (AvgIpc) is 3.24. The molecule has 4 aromatic rings. The van der Waals surface area contributed by atoms with Crippen molar-refractivity contribution in [1.82, 2.24) is 19.7 Å². The summed E-state index contributed by atoms with van der Waals surface area (Å²) in [7, 11) is 1.71. The molecule has 2 aromatic carbocycles. The molecular weight excluding hydrogens is 432 g/mol. The van der Waals surface area contributed by atoms with E-state index in [1.54, 1.807) is 42.1 Å². The highest BCUT2D eigenvalue weighted by Gasteiger charge is 2.22. The number of hydrogen-bond acceptors (Lipinski definition) is 7. The highest BCUT2D eigenvalue weighted by molar-refractivity contribution is 6.06. The number of para-hydroxylation sites is 1. The van der Waals surface area contributed by atoms with Crippen LogP contribution in [-0.4, -0.2) is 44.4 Å². The summed E-state index contributed by atoms with van der Waals surface area (Å²) in [6, 6.07) is 14.1. The Hall–Kier alpha value is -4.91. The molecule has 170 valence electrons. The van der Waals surface area contributed by atoms with E-state index in [9.17, 15) is 9.90 Å². The summed E-state index contributed by atoms with van der Waals surface area (Å²) >= 11 is 0. The Morgan fingerprint density at radius 2 is 2.03 bits per heavy atom. The van der Waals surface area contributed by atoms with E-state index in [4.69, 9.17) is 17.4 Å². The molecule has 2 aromatic heterocycles. The van der Waals surface area contributed by atoms with Crippen LogP contribution in [0.25, 0.3) is 27.1 Å². The third kappa shape index (κ3) is 4.10. The first kappa shape index (κ1) is 22.3. The predicted molar refractivity (Wildman–Crippen MR) is 131 cm³/mol. The Morgan fingerprint density at radius 3 is 2.74 bits per heavy atom. The van der Waals surface area contributed by atoms with Crippen LogP contribution < -0.4 is 16.0 Å². The van der Waals surface area contributed by atoms with Crippen molar-refractivity contribution in [1.29, 1.82) is 0 Å². The minimum atomic E-state index is -0.482. The van der Waals surface area contributed by atoms with Gasteiger partial charge < -0.3 is 21.1 Å². The van der Waals surface area contributed by atoms with Gasteiger partial charge in [-0.15, -0.1) is 0 Å². The monoisotopic (exact) mass is 454 g/mol. The molecule has 0 saturated heterocycles. The second kappa shape index (κ2) is 9.30. The summed E-state index contributed by atoms with van der Waals surface area (Å²) in [6.07, 6.45) is 1.36. The summed E-state index contributed by atoms with van der Waals surface area (Å²) in [4.78, 5) is 26.0. The molecule has 34 heavy (non-hydrogen) atoms. The molecule has 10 heteroatoms. The molecule has 4 N–H and O–H groups in total. The van der Waals surface area contributed by atoms with Crippen molar-refractivity contribution in [2.75, 3.05) is 29.5 Å². The molecular formula is C24H22N8O2. The first-order valence-electron chi connectivity index (χ1n) is 10.4. The molecule has 2 heterocycles. The molecule has 4 rings (SSSR count). The predicted octanol–water partition coefficient (Wildman–Crippen LogP) is 3.29. The van der Waals surface area contributed by atoms with Crippen LogP contribution in [-0.2, 0) is 11.3 Å². The number of aromatic nitrogens is 4.